The zero-order chi connectivity index (χ0) is 26.0. The number of oxime groups is 1. The molecule has 0 radical (unpaired) electrons. The molecular weight excluding hydrogens is 476 g/mol. The van der Waals surface area contributed by atoms with Gasteiger partial charge in [-0.25, -0.2) is 14.8 Å². The number of morpholine rings is 1. The van der Waals surface area contributed by atoms with Crippen molar-refractivity contribution in [2.24, 2.45) is 5.16 Å². The van der Waals surface area contributed by atoms with Gasteiger partial charge in [-0.05, 0) is 38.1 Å². The molecule has 12 heteroatoms. The number of hydrogen-bond acceptors (Lipinski definition) is 10. The molecule has 3 N–H and O–H groups in total. The zero-order valence-corrected chi connectivity index (χ0v) is 21.5. The monoisotopic (exact) mass is 512 g/mol. The van der Waals surface area contributed by atoms with Crippen molar-refractivity contribution in [3.05, 3.63) is 36.2 Å². The fraction of sp³-hybridized carbons (Fsp3) is 0.520. The maximum absolute atomic E-state index is 12.8. The highest BCUT2D eigenvalue weighted by molar-refractivity contribution is 5.92. The van der Waals surface area contributed by atoms with Gasteiger partial charge in [0.2, 0.25) is 0 Å². The van der Waals surface area contributed by atoms with Gasteiger partial charge in [-0.3, -0.25) is 4.90 Å². The van der Waals surface area contributed by atoms with Gasteiger partial charge in [-0.1, -0.05) is 5.16 Å². The van der Waals surface area contributed by atoms with Crippen LogP contribution in [0.2, 0.25) is 0 Å². The van der Waals surface area contributed by atoms with Crippen LogP contribution >= 0.6 is 0 Å². The number of aromatic nitrogens is 2. The Morgan fingerprint density at radius 1 is 1.14 bits per heavy atom. The van der Waals surface area contributed by atoms with Crippen molar-refractivity contribution < 1.29 is 19.1 Å². The van der Waals surface area contributed by atoms with E-state index in [0.717, 1.165) is 44.3 Å². The highest BCUT2D eigenvalue weighted by Crippen LogP contribution is 2.22. The maximum Gasteiger partial charge on any atom is 0.321 e. The van der Waals surface area contributed by atoms with Crippen LogP contribution in [0.4, 0.5) is 22.1 Å². The van der Waals surface area contributed by atoms with Gasteiger partial charge in [-0.2, -0.15) is 0 Å². The third-order valence-electron chi connectivity index (χ3n) is 6.10. The molecule has 2 aromatic rings. The Kier molecular flexibility index (Phi) is 9.33. The molecule has 2 amide bonds. The average Bonchev–Trinajstić information content (AvgIpc) is 2.91. The first-order valence-corrected chi connectivity index (χ1v) is 12.6. The molecule has 4 rings (SSSR count). The molecule has 1 aromatic carbocycles. The van der Waals surface area contributed by atoms with Crippen molar-refractivity contribution in [3.8, 4) is 5.75 Å². The molecule has 200 valence electrons. The van der Waals surface area contributed by atoms with Gasteiger partial charge in [0.05, 0.1) is 31.1 Å². The summed E-state index contributed by atoms with van der Waals surface area (Å²) < 4.78 is 11.0. The van der Waals surface area contributed by atoms with E-state index in [1.54, 1.807) is 11.1 Å². The lowest BCUT2D eigenvalue weighted by Crippen LogP contribution is -2.50. The molecule has 3 heterocycles. The minimum Gasteiger partial charge on any atom is -0.491 e. The van der Waals surface area contributed by atoms with Crippen molar-refractivity contribution in [2.45, 2.75) is 20.0 Å². The van der Waals surface area contributed by atoms with E-state index in [1.165, 1.54) is 6.33 Å². The molecule has 37 heavy (non-hydrogen) atoms. The average molecular weight is 513 g/mol. The Bertz CT molecular complexity index is 1040. The third-order valence-corrected chi connectivity index (χ3v) is 6.10. The second-order valence-corrected chi connectivity index (χ2v) is 9.11. The van der Waals surface area contributed by atoms with Gasteiger partial charge >= 0.3 is 6.03 Å². The number of nitrogens with one attached hydrogen (secondary N) is 1. The van der Waals surface area contributed by atoms with E-state index in [9.17, 15) is 4.79 Å². The van der Waals surface area contributed by atoms with Crippen LogP contribution in [0.15, 0.2) is 35.7 Å². The van der Waals surface area contributed by atoms with E-state index < -0.39 is 0 Å². The van der Waals surface area contributed by atoms with Crippen molar-refractivity contribution in [1.29, 1.82) is 0 Å². The van der Waals surface area contributed by atoms with Gasteiger partial charge in [0, 0.05) is 51.5 Å². The fourth-order valence-electron chi connectivity index (χ4n) is 4.13. The summed E-state index contributed by atoms with van der Waals surface area (Å²) >= 11 is 0. The van der Waals surface area contributed by atoms with E-state index in [4.69, 9.17) is 20.0 Å². The first-order valence-electron chi connectivity index (χ1n) is 12.6. The summed E-state index contributed by atoms with van der Waals surface area (Å²) in [6.07, 6.45) is 3.10. The Balaban J connectivity index is 1.27. The molecule has 1 aromatic heterocycles. The highest BCUT2D eigenvalue weighted by Gasteiger charge is 2.24. The van der Waals surface area contributed by atoms with Crippen molar-refractivity contribution in [1.82, 2.24) is 19.8 Å². The number of piperazine rings is 1. The molecule has 0 saturated carbocycles. The van der Waals surface area contributed by atoms with E-state index in [2.05, 4.69) is 30.2 Å². The number of urea groups is 1. The predicted molar refractivity (Wildman–Crippen MR) is 142 cm³/mol. The molecule has 2 aliphatic heterocycles. The molecule has 12 nitrogen and oxygen atoms in total. The maximum atomic E-state index is 12.8. The number of rotatable bonds is 9. The Labute approximate surface area is 217 Å². The second kappa shape index (κ2) is 13.1. The van der Waals surface area contributed by atoms with E-state index in [1.807, 2.05) is 38.1 Å². The lowest BCUT2D eigenvalue weighted by Gasteiger charge is -2.35. The van der Waals surface area contributed by atoms with E-state index in [0.29, 0.717) is 50.0 Å². The molecule has 0 aliphatic carbocycles. The molecule has 0 spiro atoms. The van der Waals surface area contributed by atoms with Crippen molar-refractivity contribution >= 4 is 29.6 Å². The minimum atomic E-state index is -0.144. The molecule has 2 fully saturated rings. The van der Waals surface area contributed by atoms with Crippen molar-refractivity contribution in [3.63, 3.8) is 0 Å². The molecule has 0 atom stereocenters. The smallest absolute Gasteiger partial charge is 0.321 e. The fourth-order valence-corrected chi connectivity index (χ4v) is 4.13. The first-order chi connectivity index (χ1) is 18.0. The predicted octanol–water partition coefficient (Wildman–Crippen LogP) is 1.88. The summed E-state index contributed by atoms with van der Waals surface area (Å²) in [6, 6.07) is 7.23. The van der Waals surface area contributed by atoms with Crippen LogP contribution in [-0.2, 0) is 9.57 Å². The summed E-state index contributed by atoms with van der Waals surface area (Å²) in [7, 11) is 0. The Morgan fingerprint density at radius 2 is 1.86 bits per heavy atom. The van der Waals surface area contributed by atoms with Crippen LogP contribution in [-0.4, -0.2) is 104 Å². The van der Waals surface area contributed by atoms with Gasteiger partial charge in [0.1, 0.15) is 30.3 Å². The summed E-state index contributed by atoms with van der Waals surface area (Å²) in [4.78, 5) is 32.9. The summed E-state index contributed by atoms with van der Waals surface area (Å²) in [6.45, 7) is 10.8. The number of nitrogens with zero attached hydrogens (tertiary/aromatic N) is 6. The number of anilines is 3. The van der Waals surface area contributed by atoms with Crippen LogP contribution in [0.25, 0.3) is 0 Å². The standard InChI is InChI=1S/C25H36N8O4/c1-19(2)37-21-5-3-20(4-6-21)30-25(34)33-9-7-32(8-10-33)24-22(23(26)27-18-28-24)17-29-36-16-13-31-11-14-35-15-12-31/h3-6,17-19H,7-16H2,1-2H3,(H,30,34)(H2,26,27,28)/b29-17+. The molecule has 0 unspecified atom stereocenters. The molecular formula is C25H36N8O4. The van der Waals surface area contributed by atoms with Gasteiger partial charge in [0.25, 0.3) is 0 Å². The largest absolute Gasteiger partial charge is 0.491 e. The second-order valence-electron chi connectivity index (χ2n) is 9.11. The van der Waals surface area contributed by atoms with Gasteiger partial charge in [0.15, 0.2) is 0 Å². The number of ether oxygens (including phenoxy) is 2. The summed E-state index contributed by atoms with van der Waals surface area (Å²) in [5.41, 5.74) is 7.46. The lowest BCUT2D eigenvalue weighted by molar-refractivity contribution is 0.0214. The molecule has 2 aliphatic rings. The van der Waals surface area contributed by atoms with Gasteiger partial charge < -0.3 is 35.2 Å². The molecule has 2 saturated heterocycles. The van der Waals surface area contributed by atoms with E-state index in [-0.39, 0.29) is 12.1 Å². The SMILES string of the molecule is CC(C)Oc1ccc(NC(=O)N2CCN(c3ncnc(N)c3/C=N/OCCN3CCOCC3)CC2)cc1. The minimum absolute atomic E-state index is 0.0987. The van der Waals surface area contributed by atoms with Crippen LogP contribution < -0.4 is 20.7 Å². The number of benzene rings is 1. The number of carbonyl (C=O) groups is 1. The first kappa shape index (κ1) is 26.4. The number of nitrogen functional groups attached to an aromatic ring is 1. The van der Waals surface area contributed by atoms with Crippen LogP contribution in [0.1, 0.15) is 19.4 Å². The number of hydrogen-bond donors (Lipinski definition) is 2. The van der Waals surface area contributed by atoms with Gasteiger partial charge in [-0.15, -0.1) is 0 Å². The molecule has 0 bridgehead atoms. The van der Waals surface area contributed by atoms with Crippen LogP contribution in [0.3, 0.4) is 0 Å². The Hall–Kier alpha value is -3.64. The number of nitrogens with two attached hydrogens (primary N) is 1. The Morgan fingerprint density at radius 3 is 2.57 bits per heavy atom. The lowest BCUT2D eigenvalue weighted by atomic mass is 10.2. The van der Waals surface area contributed by atoms with Crippen molar-refractivity contribution in [2.75, 3.05) is 81.6 Å². The quantitative estimate of drug-likeness (QED) is 0.294. The summed E-state index contributed by atoms with van der Waals surface area (Å²) in [5, 5.41) is 7.05. The zero-order valence-electron chi connectivity index (χ0n) is 21.5. The van der Waals surface area contributed by atoms with Crippen LogP contribution in [0.5, 0.6) is 5.75 Å². The van der Waals surface area contributed by atoms with E-state index >= 15 is 0 Å². The number of carbonyl (C=O) groups excluding carboxylic acids is 1. The highest BCUT2D eigenvalue weighted by atomic mass is 16.6. The summed E-state index contributed by atoms with van der Waals surface area (Å²) in [5.74, 6) is 1.78. The normalized spacial score (nSPS) is 16.8. The third kappa shape index (κ3) is 7.67. The number of amides is 2. The van der Waals surface area contributed by atoms with Crippen LogP contribution in [0, 0.1) is 0 Å². The topological polar surface area (TPSA) is 131 Å².